The molecule has 3 atom stereocenters. The van der Waals surface area contributed by atoms with E-state index in [1.54, 1.807) is 20.4 Å². The number of hydrogen-bond acceptors (Lipinski definition) is 8. The molecule has 0 spiro atoms. The van der Waals surface area contributed by atoms with E-state index in [1.807, 2.05) is 6.07 Å². The zero-order valence-corrected chi connectivity index (χ0v) is 24.0. The first-order valence-corrected chi connectivity index (χ1v) is 12.5. The fraction of sp³-hybridized carbons (Fsp3) is 0.625. The van der Waals surface area contributed by atoms with Crippen LogP contribution in [0.3, 0.4) is 0 Å². The third kappa shape index (κ3) is 13.7. The number of fused-ring (bicyclic) bond motifs is 1. The third-order valence-electron chi connectivity index (χ3n) is 6.06. The average molecular weight is 675 g/mol. The second kappa shape index (κ2) is 17.0. The lowest BCUT2D eigenvalue weighted by Crippen LogP contribution is -2.50. The predicted octanol–water partition coefficient (Wildman–Crippen LogP) is 3.02. The van der Waals surface area contributed by atoms with Crippen molar-refractivity contribution in [2.75, 3.05) is 27.2 Å². The van der Waals surface area contributed by atoms with Crippen LogP contribution < -0.4 is 10.1 Å². The summed E-state index contributed by atoms with van der Waals surface area (Å²) >= 11 is 0. The van der Waals surface area contributed by atoms with Gasteiger partial charge in [0.25, 0.3) is 0 Å². The number of nitrogens with zero attached hydrogens (tertiary/aromatic N) is 3. The van der Waals surface area contributed by atoms with Gasteiger partial charge in [0, 0.05) is 50.5 Å². The first-order chi connectivity index (χ1) is 20.4. The number of aromatic nitrogens is 1. The summed E-state index contributed by atoms with van der Waals surface area (Å²) in [6.45, 7) is 7.24. The molecule has 12 nitrogen and oxygen atoms in total. The molecule has 2 aliphatic rings. The monoisotopic (exact) mass is 674 g/mol. The van der Waals surface area contributed by atoms with Crippen LogP contribution in [0.15, 0.2) is 18.3 Å². The summed E-state index contributed by atoms with van der Waals surface area (Å²) in [5.41, 5.74) is 1.12. The number of carboxylic acids is 3. The van der Waals surface area contributed by atoms with Crippen molar-refractivity contribution < 1.29 is 78.7 Å². The number of ether oxygens (including phenoxy) is 1. The summed E-state index contributed by atoms with van der Waals surface area (Å²) < 4.78 is 101. The topological polar surface area (TPSA) is 170 Å². The minimum absolute atomic E-state index is 0.0140. The van der Waals surface area contributed by atoms with E-state index < -0.39 is 36.4 Å². The Balaban J connectivity index is 0.000000753. The molecule has 0 aromatic carbocycles. The number of halogens is 9. The van der Waals surface area contributed by atoms with Crippen LogP contribution in [0.4, 0.5) is 39.5 Å². The minimum Gasteiger partial charge on any atom is -0.481 e. The van der Waals surface area contributed by atoms with E-state index in [4.69, 9.17) is 34.4 Å². The van der Waals surface area contributed by atoms with Gasteiger partial charge in [0.1, 0.15) is 0 Å². The molecule has 0 bridgehead atoms. The van der Waals surface area contributed by atoms with Crippen molar-refractivity contribution in [1.29, 1.82) is 0 Å². The number of aliphatic carboxylic acids is 3. The molecule has 4 N–H and O–H groups in total. The number of amides is 1. The normalized spacial score (nSPS) is 19.9. The van der Waals surface area contributed by atoms with Gasteiger partial charge in [-0.05, 0) is 32.3 Å². The molecule has 3 heterocycles. The predicted molar refractivity (Wildman–Crippen MR) is 134 cm³/mol. The molecule has 1 aromatic rings. The minimum atomic E-state index is -5.08. The van der Waals surface area contributed by atoms with Gasteiger partial charge < -0.3 is 25.4 Å². The van der Waals surface area contributed by atoms with Gasteiger partial charge in [-0.3, -0.25) is 14.6 Å². The number of rotatable bonds is 5. The van der Waals surface area contributed by atoms with Gasteiger partial charge in [0.2, 0.25) is 11.8 Å². The van der Waals surface area contributed by atoms with Crippen molar-refractivity contribution in [2.45, 2.75) is 63.5 Å². The van der Waals surface area contributed by atoms with Gasteiger partial charge in [-0.15, -0.1) is 0 Å². The first kappa shape index (κ1) is 41.1. The van der Waals surface area contributed by atoms with Gasteiger partial charge in [0.05, 0.1) is 13.2 Å². The van der Waals surface area contributed by atoms with Crippen LogP contribution >= 0.6 is 0 Å². The zero-order chi connectivity index (χ0) is 35.5. The maximum atomic E-state index is 12.2. The van der Waals surface area contributed by atoms with Crippen molar-refractivity contribution in [3.8, 4) is 5.88 Å². The summed E-state index contributed by atoms with van der Waals surface area (Å²) in [6.07, 6.45) is -12.5. The van der Waals surface area contributed by atoms with Crippen molar-refractivity contribution in [3.05, 3.63) is 23.9 Å². The van der Waals surface area contributed by atoms with Gasteiger partial charge in [0.15, 0.2) is 0 Å². The average Bonchev–Trinajstić information content (AvgIpc) is 3.45. The van der Waals surface area contributed by atoms with Crippen LogP contribution in [-0.4, -0.2) is 118 Å². The molecule has 0 aliphatic carbocycles. The standard InChI is InChI=1S/C18H28N4O2.3C2HF3O2/c1-12(2)22-15(17(23)19-3)8-14-10-21(11-16(14)22)9-13-6-5-7-20-18(13)24-4;3*3-2(4,5)1(6)7/h5-7,12,14-16H,8-11H2,1-4H3,(H,19,23);3*(H,6,7)/t14-,15-,16+;;;/m1.../s1. The molecule has 21 heteroatoms. The van der Waals surface area contributed by atoms with Gasteiger partial charge in [-0.1, -0.05) is 6.07 Å². The molecule has 0 unspecified atom stereocenters. The first-order valence-electron chi connectivity index (χ1n) is 12.5. The Morgan fingerprint density at radius 3 is 1.73 bits per heavy atom. The number of carboxylic acid groups (broad SMARTS) is 3. The Bertz CT molecular complexity index is 1090. The number of nitrogens with one attached hydrogen (secondary N) is 1. The number of likely N-dealkylation sites (tertiary alicyclic amines) is 2. The van der Waals surface area contributed by atoms with Crippen LogP contribution in [0, 0.1) is 5.92 Å². The van der Waals surface area contributed by atoms with Gasteiger partial charge in [-0.2, -0.15) is 39.5 Å². The smallest absolute Gasteiger partial charge is 0.481 e. The number of alkyl halides is 9. The number of hydrogen-bond donors (Lipinski definition) is 4. The summed E-state index contributed by atoms with van der Waals surface area (Å²) in [5, 5.41) is 24.2. The fourth-order valence-corrected chi connectivity index (χ4v) is 4.40. The van der Waals surface area contributed by atoms with E-state index in [1.165, 1.54) is 0 Å². The quantitative estimate of drug-likeness (QED) is 0.339. The van der Waals surface area contributed by atoms with Gasteiger partial charge in [-0.25, -0.2) is 19.4 Å². The van der Waals surface area contributed by atoms with Crippen molar-refractivity contribution in [1.82, 2.24) is 20.1 Å². The van der Waals surface area contributed by atoms with Gasteiger partial charge >= 0.3 is 36.4 Å². The molecule has 2 saturated heterocycles. The van der Waals surface area contributed by atoms with Crippen LogP contribution in [0.25, 0.3) is 0 Å². The van der Waals surface area contributed by atoms with E-state index in [0.717, 1.165) is 31.6 Å². The lowest BCUT2D eigenvalue weighted by Gasteiger charge is -2.33. The van der Waals surface area contributed by atoms with E-state index in [-0.39, 0.29) is 11.9 Å². The zero-order valence-electron chi connectivity index (χ0n) is 24.0. The second-order valence-electron chi connectivity index (χ2n) is 9.51. The molecule has 3 rings (SSSR count). The van der Waals surface area contributed by atoms with E-state index >= 15 is 0 Å². The Morgan fingerprint density at radius 1 is 0.933 bits per heavy atom. The third-order valence-corrected chi connectivity index (χ3v) is 6.06. The molecule has 0 radical (unpaired) electrons. The highest BCUT2D eigenvalue weighted by molar-refractivity contribution is 5.82. The molecule has 0 saturated carbocycles. The number of methoxy groups -OCH3 is 1. The maximum absolute atomic E-state index is 12.2. The molecular weight excluding hydrogens is 643 g/mol. The highest BCUT2D eigenvalue weighted by Crippen LogP contribution is 2.38. The van der Waals surface area contributed by atoms with Crippen LogP contribution in [0.2, 0.25) is 0 Å². The molecule has 2 fully saturated rings. The lowest BCUT2D eigenvalue weighted by atomic mass is 10.0. The summed E-state index contributed by atoms with van der Waals surface area (Å²) in [5.74, 6) is -6.86. The van der Waals surface area contributed by atoms with Crippen molar-refractivity contribution >= 4 is 23.8 Å². The highest BCUT2D eigenvalue weighted by atomic mass is 19.4. The highest BCUT2D eigenvalue weighted by Gasteiger charge is 2.49. The van der Waals surface area contributed by atoms with Crippen LogP contribution in [0.5, 0.6) is 5.88 Å². The Morgan fingerprint density at radius 2 is 1.38 bits per heavy atom. The Hall–Kier alpha value is -3.88. The molecule has 258 valence electrons. The fourth-order valence-electron chi connectivity index (χ4n) is 4.40. The largest absolute Gasteiger partial charge is 0.490 e. The molecule has 45 heavy (non-hydrogen) atoms. The van der Waals surface area contributed by atoms with E-state index in [0.29, 0.717) is 23.9 Å². The maximum Gasteiger partial charge on any atom is 0.490 e. The van der Waals surface area contributed by atoms with Crippen molar-refractivity contribution in [2.24, 2.45) is 5.92 Å². The SMILES string of the molecule is CNC(=O)[C@H]1C[C@@H]2CN(Cc3cccnc3OC)C[C@@H]2N1C(C)C.O=C(O)C(F)(F)F.O=C(O)C(F)(F)F.O=C(O)C(F)(F)F. The Kier molecular flexibility index (Phi) is 15.5. The number of carbonyl (C=O) groups excluding carboxylic acids is 1. The van der Waals surface area contributed by atoms with Crippen LogP contribution in [0.1, 0.15) is 25.8 Å². The molecule has 1 aromatic heterocycles. The van der Waals surface area contributed by atoms with Crippen LogP contribution in [-0.2, 0) is 25.7 Å². The van der Waals surface area contributed by atoms with Crippen molar-refractivity contribution in [3.63, 3.8) is 0 Å². The Labute approximate surface area is 249 Å². The molecular formula is C24H31F9N4O8. The number of carbonyl (C=O) groups is 4. The summed E-state index contributed by atoms with van der Waals surface area (Å²) in [7, 11) is 3.40. The second-order valence-corrected chi connectivity index (χ2v) is 9.51. The molecule has 1 amide bonds. The van der Waals surface area contributed by atoms with E-state index in [9.17, 15) is 44.3 Å². The summed E-state index contributed by atoms with van der Waals surface area (Å²) in [6, 6.07) is 4.87. The lowest BCUT2D eigenvalue weighted by molar-refractivity contribution is -0.193. The summed E-state index contributed by atoms with van der Waals surface area (Å²) in [4.78, 5) is 48.1. The van der Waals surface area contributed by atoms with E-state index in [2.05, 4.69) is 40.0 Å². The number of pyridine rings is 1. The number of likely N-dealkylation sites (N-methyl/N-ethyl adjacent to an activating group) is 1. The molecule has 2 aliphatic heterocycles.